The SMILES string of the molecule is CCNCc1cc(CN2CCC(C)(C)CC2)on1. The summed E-state index contributed by atoms with van der Waals surface area (Å²) in [6.45, 7) is 11.8. The zero-order valence-electron chi connectivity index (χ0n) is 11.8. The van der Waals surface area contributed by atoms with E-state index >= 15 is 0 Å². The summed E-state index contributed by atoms with van der Waals surface area (Å²) in [4.78, 5) is 2.46. The van der Waals surface area contributed by atoms with Gasteiger partial charge in [0.05, 0.1) is 12.2 Å². The Kier molecular flexibility index (Phi) is 4.40. The van der Waals surface area contributed by atoms with Gasteiger partial charge in [0.15, 0.2) is 5.76 Å². The third-order valence-corrected chi connectivity index (χ3v) is 3.75. The smallest absolute Gasteiger partial charge is 0.151 e. The van der Waals surface area contributed by atoms with Crippen molar-refractivity contribution in [2.75, 3.05) is 19.6 Å². The summed E-state index contributed by atoms with van der Waals surface area (Å²) < 4.78 is 5.38. The average molecular weight is 251 g/mol. The van der Waals surface area contributed by atoms with Gasteiger partial charge < -0.3 is 9.84 Å². The Morgan fingerprint density at radius 2 is 2.11 bits per heavy atom. The van der Waals surface area contributed by atoms with Gasteiger partial charge in [0, 0.05) is 12.6 Å². The first-order valence-electron chi connectivity index (χ1n) is 6.96. The molecule has 2 rings (SSSR count). The van der Waals surface area contributed by atoms with Crippen LogP contribution in [0.4, 0.5) is 0 Å². The van der Waals surface area contributed by atoms with Gasteiger partial charge in [-0.25, -0.2) is 0 Å². The second-order valence-corrected chi connectivity index (χ2v) is 6.01. The van der Waals surface area contributed by atoms with Gasteiger partial charge in [0.2, 0.25) is 0 Å². The molecule has 1 aromatic heterocycles. The van der Waals surface area contributed by atoms with Crippen molar-refractivity contribution >= 4 is 0 Å². The van der Waals surface area contributed by atoms with Crippen molar-refractivity contribution in [1.82, 2.24) is 15.4 Å². The molecule has 1 fully saturated rings. The van der Waals surface area contributed by atoms with E-state index < -0.39 is 0 Å². The predicted octanol–water partition coefficient (Wildman–Crippen LogP) is 2.41. The second kappa shape index (κ2) is 5.85. The van der Waals surface area contributed by atoms with Gasteiger partial charge in [-0.05, 0) is 37.9 Å². The number of nitrogens with zero attached hydrogens (tertiary/aromatic N) is 2. The van der Waals surface area contributed by atoms with Gasteiger partial charge in [-0.15, -0.1) is 0 Å². The third kappa shape index (κ3) is 3.82. The van der Waals surface area contributed by atoms with Gasteiger partial charge >= 0.3 is 0 Å². The molecule has 0 spiro atoms. The van der Waals surface area contributed by atoms with Crippen LogP contribution in [0.25, 0.3) is 0 Å². The molecule has 1 N–H and O–H groups in total. The number of aromatic nitrogens is 1. The summed E-state index contributed by atoms with van der Waals surface area (Å²) in [5.41, 5.74) is 1.51. The van der Waals surface area contributed by atoms with Gasteiger partial charge in [-0.2, -0.15) is 0 Å². The molecule has 1 aliphatic heterocycles. The minimum absolute atomic E-state index is 0.508. The van der Waals surface area contributed by atoms with Gasteiger partial charge in [-0.3, -0.25) is 4.90 Å². The number of likely N-dealkylation sites (tertiary alicyclic amines) is 1. The van der Waals surface area contributed by atoms with Crippen LogP contribution < -0.4 is 5.32 Å². The molecule has 1 aromatic rings. The molecule has 2 heterocycles. The fraction of sp³-hybridized carbons (Fsp3) is 0.786. The van der Waals surface area contributed by atoms with E-state index in [0.717, 1.165) is 44.2 Å². The van der Waals surface area contributed by atoms with Crippen LogP contribution in [0, 0.1) is 5.41 Å². The standard InChI is InChI=1S/C14H25N3O/c1-4-15-10-12-9-13(18-16-12)11-17-7-5-14(2,3)6-8-17/h9,15H,4-8,10-11H2,1-3H3. The summed E-state index contributed by atoms with van der Waals surface area (Å²) in [5, 5.41) is 7.34. The van der Waals surface area contributed by atoms with E-state index in [4.69, 9.17) is 4.52 Å². The number of hydrogen-bond acceptors (Lipinski definition) is 4. The number of piperidine rings is 1. The van der Waals surface area contributed by atoms with Gasteiger partial charge in [0.1, 0.15) is 0 Å². The third-order valence-electron chi connectivity index (χ3n) is 3.75. The summed E-state index contributed by atoms with van der Waals surface area (Å²) >= 11 is 0. The summed E-state index contributed by atoms with van der Waals surface area (Å²) in [6, 6.07) is 2.07. The van der Waals surface area contributed by atoms with Crippen LogP contribution in [0.3, 0.4) is 0 Å². The molecule has 0 atom stereocenters. The normalized spacial score (nSPS) is 20.2. The Bertz CT molecular complexity index is 363. The Labute approximate surface area is 110 Å². The fourth-order valence-electron chi connectivity index (χ4n) is 2.30. The first-order chi connectivity index (χ1) is 8.59. The lowest BCUT2D eigenvalue weighted by Gasteiger charge is -2.36. The molecule has 1 aliphatic rings. The molecule has 0 amide bonds. The molecule has 0 aliphatic carbocycles. The van der Waals surface area contributed by atoms with Crippen molar-refractivity contribution in [2.24, 2.45) is 5.41 Å². The molecular formula is C14H25N3O. The lowest BCUT2D eigenvalue weighted by molar-refractivity contribution is 0.117. The van der Waals surface area contributed by atoms with Crippen LogP contribution in [0.2, 0.25) is 0 Å². The average Bonchev–Trinajstić information content (AvgIpc) is 2.77. The van der Waals surface area contributed by atoms with Crippen LogP contribution >= 0.6 is 0 Å². The highest BCUT2D eigenvalue weighted by atomic mass is 16.5. The summed E-state index contributed by atoms with van der Waals surface area (Å²) in [7, 11) is 0. The van der Waals surface area contributed by atoms with Crippen molar-refractivity contribution in [1.29, 1.82) is 0 Å². The highest BCUT2D eigenvalue weighted by molar-refractivity contribution is 5.05. The zero-order valence-corrected chi connectivity index (χ0v) is 11.8. The van der Waals surface area contributed by atoms with Crippen molar-refractivity contribution in [3.8, 4) is 0 Å². The lowest BCUT2D eigenvalue weighted by Crippen LogP contribution is -2.36. The molecule has 0 saturated carbocycles. The highest BCUT2D eigenvalue weighted by Crippen LogP contribution is 2.30. The van der Waals surface area contributed by atoms with Crippen LogP contribution in [0.15, 0.2) is 10.6 Å². The van der Waals surface area contributed by atoms with Crippen molar-refractivity contribution in [2.45, 2.75) is 46.7 Å². The fourth-order valence-corrected chi connectivity index (χ4v) is 2.30. The molecule has 0 aromatic carbocycles. The molecule has 1 saturated heterocycles. The topological polar surface area (TPSA) is 41.3 Å². The first-order valence-corrected chi connectivity index (χ1v) is 6.96. The largest absolute Gasteiger partial charge is 0.360 e. The quantitative estimate of drug-likeness (QED) is 0.872. The molecular weight excluding hydrogens is 226 g/mol. The maximum Gasteiger partial charge on any atom is 0.151 e. The van der Waals surface area contributed by atoms with Gasteiger partial charge in [0.25, 0.3) is 0 Å². The maximum atomic E-state index is 5.38. The first kappa shape index (κ1) is 13.6. The zero-order chi connectivity index (χ0) is 13.0. The van der Waals surface area contributed by atoms with E-state index in [9.17, 15) is 0 Å². The van der Waals surface area contributed by atoms with Crippen molar-refractivity contribution < 1.29 is 4.52 Å². The molecule has 4 nitrogen and oxygen atoms in total. The Morgan fingerprint density at radius 3 is 2.78 bits per heavy atom. The highest BCUT2D eigenvalue weighted by Gasteiger charge is 2.25. The van der Waals surface area contributed by atoms with E-state index in [0.29, 0.717) is 5.41 Å². The van der Waals surface area contributed by atoms with Crippen LogP contribution in [0.1, 0.15) is 45.1 Å². The Balaban J connectivity index is 1.81. The van der Waals surface area contributed by atoms with Crippen molar-refractivity contribution in [3.05, 3.63) is 17.5 Å². The van der Waals surface area contributed by atoms with E-state index in [-0.39, 0.29) is 0 Å². The number of nitrogens with one attached hydrogen (secondary N) is 1. The molecule has 0 bridgehead atoms. The minimum atomic E-state index is 0.508. The van der Waals surface area contributed by atoms with Crippen LogP contribution in [-0.4, -0.2) is 29.7 Å². The minimum Gasteiger partial charge on any atom is -0.360 e. The van der Waals surface area contributed by atoms with Crippen LogP contribution in [-0.2, 0) is 13.1 Å². The molecule has 0 radical (unpaired) electrons. The summed E-state index contributed by atoms with van der Waals surface area (Å²) in [5.74, 6) is 0.989. The van der Waals surface area contributed by atoms with Crippen molar-refractivity contribution in [3.63, 3.8) is 0 Å². The maximum absolute atomic E-state index is 5.38. The summed E-state index contributed by atoms with van der Waals surface area (Å²) in [6.07, 6.45) is 2.54. The molecule has 4 heteroatoms. The predicted molar refractivity (Wildman–Crippen MR) is 72.2 cm³/mol. The van der Waals surface area contributed by atoms with Crippen LogP contribution in [0.5, 0.6) is 0 Å². The van der Waals surface area contributed by atoms with E-state index in [2.05, 4.69) is 42.2 Å². The van der Waals surface area contributed by atoms with E-state index in [1.165, 1.54) is 12.8 Å². The lowest BCUT2D eigenvalue weighted by atomic mass is 9.83. The molecule has 18 heavy (non-hydrogen) atoms. The number of rotatable bonds is 5. The number of hydrogen-bond donors (Lipinski definition) is 1. The Hall–Kier alpha value is -0.870. The molecule has 0 unspecified atom stereocenters. The second-order valence-electron chi connectivity index (χ2n) is 6.01. The van der Waals surface area contributed by atoms with Gasteiger partial charge in [-0.1, -0.05) is 25.9 Å². The monoisotopic (exact) mass is 251 g/mol. The van der Waals surface area contributed by atoms with E-state index in [1.807, 2.05) is 0 Å². The Morgan fingerprint density at radius 1 is 1.39 bits per heavy atom. The molecule has 102 valence electrons. The van der Waals surface area contributed by atoms with E-state index in [1.54, 1.807) is 0 Å².